The van der Waals surface area contributed by atoms with Gasteiger partial charge in [0.25, 0.3) is 0 Å². The molecule has 3 rings (SSSR count). The summed E-state index contributed by atoms with van der Waals surface area (Å²) >= 11 is 1.48. The maximum atomic E-state index is 6.15. The summed E-state index contributed by atoms with van der Waals surface area (Å²) in [6.07, 6.45) is 3.19. The number of aryl methyl sites for hydroxylation is 2. The number of nitrogen functional groups attached to an aromatic ring is 1. The quantitative estimate of drug-likeness (QED) is 0.682. The van der Waals surface area contributed by atoms with Crippen LogP contribution in [0.2, 0.25) is 0 Å². The van der Waals surface area contributed by atoms with Crippen molar-refractivity contribution >= 4 is 39.5 Å². The maximum absolute atomic E-state index is 6.15. The zero-order chi connectivity index (χ0) is 15.5. The Kier molecular flexibility index (Phi) is 3.88. The van der Waals surface area contributed by atoms with Crippen LogP contribution in [-0.2, 0) is 0 Å². The lowest BCUT2D eigenvalue weighted by molar-refractivity contribution is 1.17. The van der Waals surface area contributed by atoms with Crippen LogP contribution in [0.5, 0.6) is 0 Å². The van der Waals surface area contributed by atoms with Gasteiger partial charge in [0.15, 0.2) is 16.8 Å². The van der Waals surface area contributed by atoms with Crippen molar-refractivity contribution in [3.63, 3.8) is 0 Å². The summed E-state index contributed by atoms with van der Waals surface area (Å²) in [6, 6.07) is 6.20. The van der Waals surface area contributed by atoms with Gasteiger partial charge in [-0.2, -0.15) is 0 Å². The second kappa shape index (κ2) is 5.98. The fourth-order valence-electron chi connectivity index (χ4n) is 2.16. The summed E-state index contributed by atoms with van der Waals surface area (Å²) in [5, 5.41) is 8.96. The molecular weight excluding hydrogens is 296 g/mol. The average Bonchev–Trinajstić information content (AvgIpc) is 2.95. The van der Waals surface area contributed by atoms with E-state index in [1.807, 2.05) is 17.5 Å². The molecule has 2 aromatic heterocycles. The second-order valence-electron chi connectivity index (χ2n) is 4.95. The van der Waals surface area contributed by atoms with E-state index in [0.29, 0.717) is 17.3 Å². The minimum atomic E-state index is 0.455. The summed E-state index contributed by atoms with van der Waals surface area (Å²) in [4.78, 5) is 12.5. The molecule has 0 radical (unpaired) electrons. The first kappa shape index (κ1) is 14.3. The third-order valence-corrected chi connectivity index (χ3v) is 3.71. The zero-order valence-electron chi connectivity index (χ0n) is 12.3. The van der Waals surface area contributed by atoms with Crippen LogP contribution in [0.1, 0.15) is 11.1 Å². The van der Waals surface area contributed by atoms with E-state index in [1.54, 1.807) is 6.20 Å². The Bertz CT molecular complexity index is 764. The fourth-order valence-corrected chi connectivity index (χ4v) is 2.69. The van der Waals surface area contributed by atoms with Crippen LogP contribution < -0.4 is 16.4 Å². The van der Waals surface area contributed by atoms with Crippen LogP contribution in [0.25, 0.3) is 0 Å². The lowest BCUT2D eigenvalue weighted by Crippen LogP contribution is -2.05. The summed E-state index contributed by atoms with van der Waals surface area (Å²) in [6.45, 7) is 4.11. The van der Waals surface area contributed by atoms with Crippen LogP contribution in [0, 0.1) is 13.8 Å². The van der Waals surface area contributed by atoms with E-state index in [4.69, 9.17) is 5.73 Å². The van der Waals surface area contributed by atoms with Crippen LogP contribution in [0.4, 0.5) is 28.1 Å². The second-order valence-corrected chi connectivity index (χ2v) is 5.84. The third kappa shape index (κ3) is 3.15. The van der Waals surface area contributed by atoms with Gasteiger partial charge in [-0.25, -0.2) is 15.0 Å². The van der Waals surface area contributed by atoms with Crippen molar-refractivity contribution in [3.8, 4) is 0 Å². The molecule has 3 aromatic rings. The van der Waals surface area contributed by atoms with Gasteiger partial charge in [0, 0.05) is 17.3 Å². The summed E-state index contributed by atoms with van der Waals surface area (Å²) in [5.41, 5.74) is 9.91. The number of benzene rings is 1. The summed E-state index contributed by atoms with van der Waals surface area (Å²) in [7, 11) is 0. The molecule has 2 heterocycles. The van der Waals surface area contributed by atoms with E-state index in [-0.39, 0.29) is 0 Å². The lowest BCUT2D eigenvalue weighted by Gasteiger charge is -2.12. The largest absolute Gasteiger partial charge is 0.393 e. The third-order valence-electron chi connectivity index (χ3n) is 3.03. The van der Waals surface area contributed by atoms with Gasteiger partial charge < -0.3 is 16.4 Å². The Labute approximate surface area is 132 Å². The molecule has 0 saturated heterocycles. The fraction of sp³-hybridized carbons (Fsp3) is 0.133. The molecule has 4 N–H and O–H groups in total. The highest BCUT2D eigenvalue weighted by atomic mass is 32.1. The summed E-state index contributed by atoms with van der Waals surface area (Å²) < 4.78 is 0. The van der Waals surface area contributed by atoms with Gasteiger partial charge in [0.2, 0.25) is 0 Å². The van der Waals surface area contributed by atoms with Crippen molar-refractivity contribution in [2.45, 2.75) is 13.8 Å². The highest BCUT2D eigenvalue weighted by Crippen LogP contribution is 2.29. The molecule has 112 valence electrons. The summed E-state index contributed by atoms with van der Waals surface area (Å²) in [5.74, 6) is 1.11. The standard InChI is InChI=1S/C15H16N6S/c1-9-5-10(2)7-11(6-9)20-13-12(16)14(19-8-18-13)21-15-17-3-4-22-15/h3-8H,16H2,1-2H3,(H2,17,18,19,20,21). The first-order chi connectivity index (χ1) is 10.6. The molecule has 0 aliphatic carbocycles. The van der Waals surface area contributed by atoms with E-state index < -0.39 is 0 Å². The number of anilines is 5. The predicted molar refractivity (Wildman–Crippen MR) is 91.0 cm³/mol. The number of nitrogens with one attached hydrogen (secondary N) is 2. The molecular formula is C15H16N6S. The minimum absolute atomic E-state index is 0.455. The Balaban J connectivity index is 1.88. The Morgan fingerprint density at radius 1 is 0.955 bits per heavy atom. The Morgan fingerprint density at radius 3 is 2.27 bits per heavy atom. The van der Waals surface area contributed by atoms with Gasteiger partial charge in [-0.05, 0) is 37.1 Å². The number of hydrogen-bond donors (Lipinski definition) is 3. The topological polar surface area (TPSA) is 88.8 Å². The molecule has 0 atom stereocenters. The number of hydrogen-bond acceptors (Lipinski definition) is 7. The molecule has 0 saturated carbocycles. The molecule has 0 aliphatic heterocycles. The van der Waals surface area contributed by atoms with E-state index in [0.717, 1.165) is 10.8 Å². The number of aromatic nitrogens is 3. The number of nitrogens with zero attached hydrogens (tertiary/aromatic N) is 3. The van der Waals surface area contributed by atoms with Gasteiger partial charge in [-0.3, -0.25) is 0 Å². The monoisotopic (exact) mass is 312 g/mol. The molecule has 0 unspecified atom stereocenters. The molecule has 22 heavy (non-hydrogen) atoms. The van der Waals surface area contributed by atoms with Gasteiger partial charge in [0.1, 0.15) is 12.0 Å². The van der Waals surface area contributed by atoms with E-state index in [2.05, 4.69) is 45.5 Å². The molecule has 0 spiro atoms. The zero-order valence-corrected chi connectivity index (χ0v) is 13.1. The normalized spacial score (nSPS) is 10.5. The van der Waals surface area contributed by atoms with Crippen LogP contribution >= 0.6 is 11.3 Å². The molecule has 6 nitrogen and oxygen atoms in total. The van der Waals surface area contributed by atoms with E-state index in [1.165, 1.54) is 28.8 Å². The van der Waals surface area contributed by atoms with Gasteiger partial charge in [0.05, 0.1) is 0 Å². The lowest BCUT2D eigenvalue weighted by atomic mass is 10.1. The van der Waals surface area contributed by atoms with Crippen LogP contribution in [0.3, 0.4) is 0 Å². The smallest absolute Gasteiger partial charge is 0.188 e. The number of rotatable bonds is 4. The highest BCUT2D eigenvalue weighted by Gasteiger charge is 2.10. The molecule has 0 aliphatic rings. The SMILES string of the molecule is Cc1cc(C)cc(Nc2ncnc(Nc3nccs3)c2N)c1. The first-order valence-electron chi connectivity index (χ1n) is 6.74. The van der Waals surface area contributed by atoms with Crippen molar-refractivity contribution in [2.24, 2.45) is 0 Å². The molecule has 0 fully saturated rings. The molecule has 0 bridgehead atoms. The average molecular weight is 312 g/mol. The van der Waals surface area contributed by atoms with E-state index >= 15 is 0 Å². The van der Waals surface area contributed by atoms with Crippen molar-refractivity contribution in [1.29, 1.82) is 0 Å². The Hall–Kier alpha value is -2.67. The van der Waals surface area contributed by atoms with Gasteiger partial charge in [-0.1, -0.05) is 6.07 Å². The van der Waals surface area contributed by atoms with Crippen molar-refractivity contribution in [1.82, 2.24) is 15.0 Å². The highest BCUT2D eigenvalue weighted by molar-refractivity contribution is 7.13. The van der Waals surface area contributed by atoms with Crippen LogP contribution in [0.15, 0.2) is 36.1 Å². The van der Waals surface area contributed by atoms with Crippen molar-refractivity contribution in [2.75, 3.05) is 16.4 Å². The minimum Gasteiger partial charge on any atom is -0.393 e. The molecule has 7 heteroatoms. The van der Waals surface area contributed by atoms with Gasteiger partial charge >= 0.3 is 0 Å². The number of nitrogens with two attached hydrogens (primary N) is 1. The predicted octanol–water partition coefficient (Wildman–Crippen LogP) is 3.62. The number of thiazole rings is 1. The van der Waals surface area contributed by atoms with Crippen LogP contribution in [-0.4, -0.2) is 15.0 Å². The van der Waals surface area contributed by atoms with Gasteiger partial charge in [-0.15, -0.1) is 11.3 Å². The molecule has 1 aromatic carbocycles. The Morgan fingerprint density at radius 2 is 1.64 bits per heavy atom. The van der Waals surface area contributed by atoms with Crippen molar-refractivity contribution < 1.29 is 0 Å². The van der Waals surface area contributed by atoms with E-state index in [9.17, 15) is 0 Å². The first-order valence-corrected chi connectivity index (χ1v) is 7.62. The molecule has 0 amide bonds. The maximum Gasteiger partial charge on any atom is 0.188 e. The van der Waals surface area contributed by atoms with Crippen molar-refractivity contribution in [3.05, 3.63) is 47.2 Å².